The van der Waals surface area contributed by atoms with Gasteiger partial charge in [0.15, 0.2) is 0 Å². The first-order valence-corrected chi connectivity index (χ1v) is 6.50. The first-order valence-electron chi connectivity index (χ1n) is 4.24. The molecule has 2 aromatic rings. The molecule has 1 aromatic heterocycles. The van der Waals surface area contributed by atoms with Crippen molar-refractivity contribution in [2.24, 2.45) is 18.0 Å². The largest absolute Gasteiger partial charge is 0.320 e. The molecular weight excluding hydrogens is 289 g/mol. The Morgan fingerprint density at radius 1 is 1.47 bits per heavy atom. The van der Waals surface area contributed by atoms with Crippen LogP contribution >= 0.6 is 11.3 Å². The van der Waals surface area contributed by atoms with Crippen LogP contribution in [0.4, 0.5) is 0 Å². The normalized spacial score (nSPS) is 12.7. The molecule has 1 aromatic carbocycles. The SMILES string of the molecule is Cn1c(=NN)sc2ccc(S(=O)(=O)O)cc21.[K]. The molecule has 0 atom stereocenters. The standard InChI is InChI=1S/C8H9N3O3S2.K/c1-11-6-4-5(16(12,13)14)2-3-7(6)15-8(11)10-9;/h2-4H,9H2,1H3,(H,12,13,14);. The zero-order valence-electron chi connectivity index (χ0n) is 9.28. The van der Waals surface area contributed by atoms with Crippen molar-refractivity contribution in [1.82, 2.24) is 4.57 Å². The number of aryl methyl sites for hydroxylation is 1. The molecule has 87 valence electrons. The number of rotatable bonds is 1. The third-order valence-electron chi connectivity index (χ3n) is 2.19. The molecule has 0 bridgehead atoms. The maximum Gasteiger partial charge on any atom is 0.294 e. The second-order valence-electron chi connectivity index (χ2n) is 3.18. The van der Waals surface area contributed by atoms with E-state index in [4.69, 9.17) is 10.4 Å². The summed E-state index contributed by atoms with van der Waals surface area (Å²) in [5, 5.41) is 3.57. The molecule has 2 rings (SSSR count). The van der Waals surface area contributed by atoms with Crippen molar-refractivity contribution in [1.29, 1.82) is 0 Å². The molecule has 0 spiro atoms. The average molecular weight is 298 g/mol. The van der Waals surface area contributed by atoms with Crippen LogP contribution in [0.2, 0.25) is 0 Å². The number of nitrogens with zero attached hydrogens (tertiary/aromatic N) is 2. The Hall–Kier alpha value is 0.256. The smallest absolute Gasteiger partial charge is 0.294 e. The molecule has 0 unspecified atom stereocenters. The van der Waals surface area contributed by atoms with Crippen LogP contribution in [0.1, 0.15) is 0 Å². The van der Waals surface area contributed by atoms with Crippen LogP contribution in [0, 0.1) is 0 Å². The van der Waals surface area contributed by atoms with E-state index in [1.54, 1.807) is 17.7 Å². The Kier molecular flexibility index (Phi) is 4.94. The van der Waals surface area contributed by atoms with Crippen LogP contribution in [0.3, 0.4) is 0 Å². The Morgan fingerprint density at radius 3 is 2.65 bits per heavy atom. The summed E-state index contributed by atoms with van der Waals surface area (Å²) in [7, 11) is -2.46. The summed E-state index contributed by atoms with van der Waals surface area (Å²) >= 11 is 1.34. The van der Waals surface area contributed by atoms with Gasteiger partial charge in [-0.05, 0) is 18.2 Å². The molecule has 6 nitrogen and oxygen atoms in total. The van der Waals surface area contributed by atoms with Crippen LogP contribution in [0.25, 0.3) is 10.2 Å². The predicted molar refractivity (Wildman–Crippen MR) is 66.1 cm³/mol. The van der Waals surface area contributed by atoms with Crippen LogP contribution < -0.4 is 10.6 Å². The minimum atomic E-state index is -4.18. The van der Waals surface area contributed by atoms with Crippen molar-refractivity contribution in [3.8, 4) is 0 Å². The topological polar surface area (TPSA) is 97.7 Å². The van der Waals surface area contributed by atoms with E-state index >= 15 is 0 Å². The molecule has 17 heavy (non-hydrogen) atoms. The summed E-state index contributed by atoms with van der Waals surface area (Å²) in [5.74, 6) is 5.19. The molecule has 1 heterocycles. The number of benzene rings is 1. The number of fused-ring (bicyclic) bond motifs is 1. The number of hydrogen-bond donors (Lipinski definition) is 2. The third-order valence-corrected chi connectivity index (χ3v) is 4.16. The minimum Gasteiger partial charge on any atom is -0.320 e. The summed E-state index contributed by atoms with van der Waals surface area (Å²) in [6.07, 6.45) is 0. The predicted octanol–water partition coefficient (Wildman–Crippen LogP) is -0.120. The molecule has 0 aliphatic heterocycles. The summed E-state index contributed by atoms with van der Waals surface area (Å²) in [5.41, 5.74) is 0.657. The number of thiazole rings is 1. The maximum atomic E-state index is 11.0. The fourth-order valence-corrected chi connectivity index (χ4v) is 2.81. The second kappa shape index (κ2) is 5.49. The minimum absolute atomic E-state index is 0. The zero-order chi connectivity index (χ0) is 11.9. The van der Waals surface area contributed by atoms with Gasteiger partial charge >= 0.3 is 0 Å². The fraction of sp³-hybridized carbons (Fsp3) is 0.125. The van der Waals surface area contributed by atoms with E-state index in [1.807, 2.05) is 0 Å². The van der Waals surface area contributed by atoms with Crippen LogP contribution in [0.15, 0.2) is 28.2 Å². The van der Waals surface area contributed by atoms with Crippen molar-refractivity contribution in [3.63, 3.8) is 0 Å². The summed E-state index contributed by atoms with van der Waals surface area (Å²) in [6, 6.07) is 4.34. The van der Waals surface area contributed by atoms with Crippen molar-refractivity contribution in [2.45, 2.75) is 4.90 Å². The molecule has 9 heteroatoms. The Morgan fingerprint density at radius 2 is 2.12 bits per heavy atom. The summed E-state index contributed by atoms with van der Waals surface area (Å²) in [4.78, 5) is 0.430. The van der Waals surface area contributed by atoms with E-state index in [0.29, 0.717) is 10.3 Å². The zero-order valence-corrected chi connectivity index (χ0v) is 14.0. The molecule has 0 saturated carbocycles. The molecular formula is C8H9KN3O3S2. The van der Waals surface area contributed by atoms with Crippen LogP contribution in [-0.2, 0) is 17.2 Å². The van der Waals surface area contributed by atoms with E-state index in [0.717, 1.165) is 4.70 Å². The van der Waals surface area contributed by atoms with Crippen molar-refractivity contribution >= 4 is 83.1 Å². The van der Waals surface area contributed by atoms with Crippen LogP contribution in [-0.4, -0.2) is 68.9 Å². The quantitative estimate of drug-likeness (QED) is 0.332. The van der Waals surface area contributed by atoms with E-state index in [2.05, 4.69) is 5.10 Å². The number of nitrogens with two attached hydrogens (primary N) is 1. The number of aromatic nitrogens is 1. The maximum absolute atomic E-state index is 11.0. The first kappa shape index (κ1) is 15.3. The third kappa shape index (κ3) is 2.99. The van der Waals surface area contributed by atoms with Gasteiger partial charge in [0.1, 0.15) is 0 Å². The van der Waals surface area contributed by atoms with Gasteiger partial charge in [-0.2, -0.15) is 13.5 Å². The monoisotopic (exact) mass is 298 g/mol. The first-order chi connectivity index (χ1) is 7.43. The van der Waals surface area contributed by atoms with Gasteiger partial charge in [-0.1, -0.05) is 11.3 Å². The fourth-order valence-electron chi connectivity index (χ4n) is 1.39. The Balaban J connectivity index is 0.00000144. The van der Waals surface area contributed by atoms with E-state index in [1.165, 1.54) is 23.5 Å². The van der Waals surface area contributed by atoms with Crippen molar-refractivity contribution in [3.05, 3.63) is 23.0 Å². The molecule has 0 fully saturated rings. The van der Waals surface area contributed by atoms with Gasteiger partial charge in [0, 0.05) is 58.4 Å². The Labute approximate surface area is 144 Å². The summed E-state index contributed by atoms with van der Waals surface area (Å²) < 4.78 is 33.4. The van der Waals surface area contributed by atoms with Gasteiger partial charge in [0.05, 0.1) is 15.1 Å². The molecule has 0 aliphatic rings. The molecule has 0 aliphatic carbocycles. The average Bonchev–Trinajstić information content (AvgIpc) is 2.54. The number of hydrogen-bond acceptors (Lipinski definition) is 5. The molecule has 1 radical (unpaired) electrons. The van der Waals surface area contributed by atoms with Crippen molar-refractivity contribution < 1.29 is 13.0 Å². The van der Waals surface area contributed by atoms with Gasteiger partial charge in [0.2, 0.25) is 4.80 Å². The molecule has 0 amide bonds. The van der Waals surface area contributed by atoms with E-state index in [9.17, 15) is 8.42 Å². The van der Waals surface area contributed by atoms with Gasteiger partial charge in [-0.15, -0.1) is 0 Å². The Bertz CT molecular complexity index is 717. The van der Waals surface area contributed by atoms with Gasteiger partial charge in [-0.25, -0.2) is 0 Å². The van der Waals surface area contributed by atoms with E-state index in [-0.39, 0.29) is 56.3 Å². The van der Waals surface area contributed by atoms with Crippen molar-refractivity contribution in [2.75, 3.05) is 0 Å². The molecule has 0 saturated heterocycles. The van der Waals surface area contributed by atoms with Crippen LogP contribution in [0.5, 0.6) is 0 Å². The second-order valence-corrected chi connectivity index (χ2v) is 5.61. The van der Waals surface area contributed by atoms with Gasteiger partial charge in [0.25, 0.3) is 10.1 Å². The summed E-state index contributed by atoms with van der Waals surface area (Å²) in [6.45, 7) is 0. The van der Waals surface area contributed by atoms with E-state index < -0.39 is 10.1 Å². The van der Waals surface area contributed by atoms with Gasteiger partial charge < -0.3 is 10.4 Å². The van der Waals surface area contributed by atoms with Gasteiger partial charge in [-0.3, -0.25) is 4.55 Å². The molecule has 3 N–H and O–H groups in total.